The quantitative estimate of drug-likeness (QED) is 0.379. The van der Waals surface area contributed by atoms with E-state index in [1.54, 1.807) is 0 Å². The van der Waals surface area contributed by atoms with Crippen molar-refractivity contribution >= 4 is 6.04 Å². The molecule has 0 spiro atoms. The van der Waals surface area contributed by atoms with E-state index in [4.69, 9.17) is 0 Å². The second kappa shape index (κ2) is 5.29. The Kier molecular flexibility index (Phi) is 4.60. The third-order valence-electron chi connectivity index (χ3n) is 2.84. The van der Waals surface area contributed by atoms with E-state index in [0.29, 0.717) is 0 Å². The molecule has 1 aliphatic rings. The standard InChI is InChI=1S/C8F15NO2/c9-1(25)2(10,11)24-6(18,19)3(12,13)8(22,23)26-4(14,5(15,16)17)7(24,20)21. The average molecular weight is 427 g/mol. The number of carbonyl (C=O) groups is 1. The van der Waals surface area contributed by atoms with Crippen LogP contribution in [0.15, 0.2) is 0 Å². The van der Waals surface area contributed by atoms with Crippen LogP contribution in [-0.4, -0.2) is 53.1 Å². The molecule has 1 aliphatic heterocycles. The first-order valence-corrected chi connectivity index (χ1v) is 5.37. The molecule has 26 heavy (non-hydrogen) atoms. The van der Waals surface area contributed by atoms with Crippen LogP contribution in [-0.2, 0) is 9.53 Å². The lowest BCUT2D eigenvalue weighted by atomic mass is 10.1. The molecular weight excluding hydrogens is 427 g/mol. The molecule has 18 heteroatoms. The number of hydrogen-bond donors (Lipinski definition) is 0. The average Bonchev–Trinajstić information content (AvgIpc) is 2.35. The van der Waals surface area contributed by atoms with Gasteiger partial charge in [-0.05, 0) is 0 Å². The molecule has 0 bridgehead atoms. The van der Waals surface area contributed by atoms with Crippen LogP contribution in [0.4, 0.5) is 65.9 Å². The zero-order valence-electron chi connectivity index (χ0n) is 10.9. The van der Waals surface area contributed by atoms with E-state index in [-0.39, 0.29) is 0 Å². The zero-order chi connectivity index (χ0) is 21.4. The van der Waals surface area contributed by atoms with Crippen LogP contribution >= 0.6 is 0 Å². The summed E-state index contributed by atoms with van der Waals surface area (Å²) in [5.74, 6) is -15.4. The maximum absolute atomic E-state index is 13.5. The number of alkyl halides is 14. The van der Waals surface area contributed by atoms with Crippen molar-refractivity contribution < 1.29 is 75.4 Å². The maximum atomic E-state index is 13.5. The number of ether oxygens (including phenoxy) is 1. The smallest absolute Gasteiger partial charge is 0.263 e. The van der Waals surface area contributed by atoms with Gasteiger partial charge >= 0.3 is 48.2 Å². The fourth-order valence-electron chi connectivity index (χ4n) is 1.61. The van der Waals surface area contributed by atoms with Gasteiger partial charge in [0.05, 0.1) is 0 Å². The Balaban J connectivity index is 4.05. The first-order valence-electron chi connectivity index (χ1n) is 5.37. The van der Waals surface area contributed by atoms with Gasteiger partial charge in [0.2, 0.25) is 0 Å². The molecule has 1 rings (SSSR count). The van der Waals surface area contributed by atoms with Gasteiger partial charge in [-0.25, -0.2) is 0 Å². The van der Waals surface area contributed by atoms with Crippen molar-refractivity contribution in [3.63, 3.8) is 0 Å². The Morgan fingerprint density at radius 2 is 1.15 bits per heavy atom. The molecule has 0 aromatic heterocycles. The summed E-state index contributed by atoms with van der Waals surface area (Å²) < 4.78 is 196. The van der Waals surface area contributed by atoms with Crippen LogP contribution in [0, 0.1) is 0 Å². The molecule has 0 amide bonds. The number of rotatable bonds is 2. The molecule has 0 aliphatic carbocycles. The van der Waals surface area contributed by atoms with Gasteiger partial charge in [0, 0.05) is 0 Å². The van der Waals surface area contributed by atoms with Gasteiger partial charge in [0.15, 0.2) is 0 Å². The highest BCUT2D eigenvalue weighted by molar-refractivity contribution is 5.76. The number of carbonyl (C=O) groups excluding carboxylic acids is 1. The lowest BCUT2D eigenvalue weighted by Crippen LogP contribution is -2.73. The Labute approximate surface area is 130 Å². The van der Waals surface area contributed by atoms with Gasteiger partial charge in [-0.15, -0.1) is 4.90 Å². The Morgan fingerprint density at radius 3 is 1.46 bits per heavy atom. The van der Waals surface area contributed by atoms with E-state index in [0.717, 1.165) is 0 Å². The Bertz CT molecular complexity index is 597. The Morgan fingerprint density at radius 1 is 0.769 bits per heavy atom. The van der Waals surface area contributed by atoms with Gasteiger partial charge < -0.3 is 0 Å². The van der Waals surface area contributed by atoms with Crippen molar-refractivity contribution in [3.05, 3.63) is 0 Å². The molecule has 154 valence electrons. The minimum Gasteiger partial charge on any atom is -0.263 e. The van der Waals surface area contributed by atoms with Crippen LogP contribution < -0.4 is 0 Å². The minimum absolute atomic E-state index is 1.51. The normalized spacial score (nSPS) is 31.3. The third-order valence-corrected chi connectivity index (χ3v) is 2.84. The number of halogens is 15. The van der Waals surface area contributed by atoms with Crippen molar-refractivity contribution in [2.75, 3.05) is 0 Å². The van der Waals surface area contributed by atoms with Crippen LogP contribution in [0.1, 0.15) is 0 Å². The van der Waals surface area contributed by atoms with E-state index in [2.05, 4.69) is 0 Å². The van der Waals surface area contributed by atoms with Gasteiger partial charge in [-0.2, -0.15) is 65.9 Å². The lowest BCUT2D eigenvalue weighted by molar-refractivity contribution is -0.487. The molecule has 1 heterocycles. The molecule has 1 unspecified atom stereocenters. The Hall–Kier alpha value is -1.46. The zero-order valence-corrected chi connectivity index (χ0v) is 10.9. The summed E-state index contributed by atoms with van der Waals surface area (Å²) in [7, 11) is 0. The summed E-state index contributed by atoms with van der Waals surface area (Å²) >= 11 is 0. The molecule has 0 radical (unpaired) electrons. The van der Waals surface area contributed by atoms with Gasteiger partial charge in [0.25, 0.3) is 0 Å². The van der Waals surface area contributed by atoms with Gasteiger partial charge in [-0.3, -0.25) is 9.53 Å². The van der Waals surface area contributed by atoms with E-state index >= 15 is 0 Å². The third kappa shape index (κ3) is 2.51. The summed E-state index contributed by atoms with van der Waals surface area (Å²) in [6, 6.07) is -27.8. The summed E-state index contributed by atoms with van der Waals surface area (Å²) in [4.78, 5) is 5.64. The SMILES string of the molecule is O=C(F)C(F)(F)N1C(F)(F)C(F)(F)C(F)(F)OC(F)(C(F)(F)F)C1(F)F. The first kappa shape index (κ1) is 22.6. The second-order valence-corrected chi connectivity index (χ2v) is 4.52. The molecule has 3 nitrogen and oxygen atoms in total. The maximum Gasteiger partial charge on any atom is 0.456 e. The molecule has 0 aromatic rings. The van der Waals surface area contributed by atoms with Crippen molar-refractivity contribution in [2.45, 2.75) is 42.2 Å². The van der Waals surface area contributed by atoms with Crippen LogP contribution in [0.3, 0.4) is 0 Å². The topological polar surface area (TPSA) is 29.5 Å². The second-order valence-electron chi connectivity index (χ2n) is 4.52. The predicted molar refractivity (Wildman–Crippen MR) is 43.7 cm³/mol. The molecule has 1 atom stereocenters. The summed E-state index contributed by atoms with van der Waals surface area (Å²) in [6.07, 6.45) is -15.1. The van der Waals surface area contributed by atoms with Crippen molar-refractivity contribution in [3.8, 4) is 0 Å². The summed E-state index contributed by atoms with van der Waals surface area (Å²) in [6.45, 7) is 0. The minimum atomic E-state index is -7.87. The molecule has 1 fully saturated rings. The fourth-order valence-corrected chi connectivity index (χ4v) is 1.61. The van der Waals surface area contributed by atoms with Gasteiger partial charge in [0.1, 0.15) is 0 Å². The monoisotopic (exact) mass is 427 g/mol. The summed E-state index contributed by atoms with van der Waals surface area (Å²) in [5, 5.41) is 0. The van der Waals surface area contributed by atoms with Crippen molar-refractivity contribution in [1.82, 2.24) is 4.90 Å². The lowest BCUT2D eigenvalue weighted by Gasteiger charge is -2.41. The fraction of sp³-hybridized carbons (Fsp3) is 0.875. The number of hydrogen-bond acceptors (Lipinski definition) is 3. The van der Waals surface area contributed by atoms with E-state index in [1.165, 1.54) is 4.74 Å². The molecule has 0 saturated carbocycles. The van der Waals surface area contributed by atoms with Gasteiger partial charge in [-0.1, -0.05) is 0 Å². The highest BCUT2D eigenvalue weighted by Gasteiger charge is 2.93. The highest BCUT2D eigenvalue weighted by atomic mass is 19.4. The molecular formula is C8F15NO2. The van der Waals surface area contributed by atoms with E-state index < -0.39 is 53.1 Å². The van der Waals surface area contributed by atoms with Crippen molar-refractivity contribution in [2.24, 2.45) is 0 Å². The number of nitrogens with zero attached hydrogens (tertiary/aromatic N) is 1. The molecule has 0 aromatic carbocycles. The first-order chi connectivity index (χ1) is 11.0. The van der Waals surface area contributed by atoms with Crippen LogP contribution in [0.25, 0.3) is 0 Å². The molecule has 0 N–H and O–H groups in total. The predicted octanol–water partition coefficient (Wildman–Crippen LogP) is 4.05. The van der Waals surface area contributed by atoms with Crippen molar-refractivity contribution in [1.29, 1.82) is 0 Å². The van der Waals surface area contributed by atoms with Crippen LogP contribution in [0.2, 0.25) is 0 Å². The van der Waals surface area contributed by atoms with E-state index in [9.17, 15) is 70.7 Å². The van der Waals surface area contributed by atoms with E-state index in [1.807, 2.05) is 0 Å². The summed E-state index contributed by atoms with van der Waals surface area (Å²) in [5.41, 5.74) is 0. The highest BCUT2D eigenvalue weighted by Crippen LogP contribution is 2.63. The van der Waals surface area contributed by atoms with Crippen LogP contribution in [0.5, 0.6) is 0 Å². The molecule has 1 saturated heterocycles. The largest absolute Gasteiger partial charge is 0.456 e.